The Labute approximate surface area is 140 Å². The molecular weight excluding hydrogens is 304 g/mol. The second kappa shape index (κ2) is 7.75. The van der Waals surface area contributed by atoms with Gasteiger partial charge in [0.25, 0.3) is 5.91 Å². The Kier molecular flexibility index (Phi) is 5.48. The van der Waals surface area contributed by atoms with Crippen LogP contribution in [0.4, 0.5) is 5.69 Å². The van der Waals surface area contributed by atoms with Crippen LogP contribution in [0.2, 0.25) is 0 Å². The van der Waals surface area contributed by atoms with Gasteiger partial charge >= 0.3 is 0 Å². The van der Waals surface area contributed by atoms with Gasteiger partial charge in [-0.3, -0.25) is 9.59 Å². The molecule has 2 rings (SSSR count). The third-order valence-corrected chi connectivity index (χ3v) is 3.33. The van der Waals surface area contributed by atoms with E-state index in [0.717, 1.165) is 0 Å². The highest BCUT2D eigenvalue weighted by molar-refractivity contribution is 6.25. The van der Waals surface area contributed by atoms with Crippen LogP contribution in [0.5, 0.6) is 5.75 Å². The number of nitrogens with zero attached hydrogens (tertiary/aromatic N) is 1. The first-order valence-corrected chi connectivity index (χ1v) is 7.22. The zero-order valence-corrected chi connectivity index (χ0v) is 13.4. The Hall–Kier alpha value is -3.39. The average Bonchev–Trinajstić information content (AvgIpc) is 2.60. The lowest BCUT2D eigenvalue weighted by Gasteiger charge is -2.10. The van der Waals surface area contributed by atoms with E-state index in [4.69, 9.17) is 10.00 Å². The number of benzene rings is 2. The molecule has 24 heavy (non-hydrogen) atoms. The number of hydrogen-bond donors (Lipinski definition) is 1. The number of ketones is 1. The number of methoxy groups -OCH3 is 1. The number of nitrogens with one attached hydrogen (secondary N) is 1. The lowest BCUT2D eigenvalue weighted by Crippen LogP contribution is -2.19. The van der Waals surface area contributed by atoms with Gasteiger partial charge in [-0.15, -0.1) is 0 Å². The fourth-order valence-corrected chi connectivity index (χ4v) is 2.09. The third kappa shape index (κ3) is 4.08. The highest BCUT2D eigenvalue weighted by atomic mass is 16.5. The van der Waals surface area contributed by atoms with E-state index in [2.05, 4.69) is 5.32 Å². The number of carbonyl (C=O) groups is 2. The van der Waals surface area contributed by atoms with Crippen molar-refractivity contribution in [1.82, 2.24) is 0 Å². The van der Waals surface area contributed by atoms with Crippen molar-refractivity contribution >= 4 is 23.5 Å². The normalized spacial score (nSPS) is 10.6. The number of para-hydroxylation sites is 2. The fraction of sp³-hybridized carbons (Fsp3) is 0.105. The van der Waals surface area contributed by atoms with Gasteiger partial charge in [0.1, 0.15) is 5.75 Å². The molecule has 0 aliphatic heterocycles. The molecule has 0 aliphatic carbocycles. The summed E-state index contributed by atoms with van der Waals surface area (Å²) in [7, 11) is 1.50. The summed E-state index contributed by atoms with van der Waals surface area (Å²) in [4.78, 5) is 24.3. The minimum Gasteiger partial charge on any atom is -0.495 e. The number of Topliss-reactive ketones (excluding diaryl/α,β-unsaturated/α-hetero) is 1. The molecule has 0 heterocycles. The van der Waals surface area contributed by atoms with Crippen LogP contribution in [0.25, 0.3) is 6.08 Å². The highest BCUT2D eigenvalue weighted by Gasteiger charge is 2.16. The summed E-state index contributed by atoms with van der Waals surface area (Å²) in [6, 6.07) is 15.6. The highest BCUT2D eigenvalue weighted by Crippen LogP contribution is 2.24. The van der Waals surface area contributed by atoms with Gasteiger partial charge in [-0.25, -0.2) is 0 Å². The molecular formula is C19H16N2O3. The Morgan fingerprint density at radius 3 is 2.38 bits per heavy atom. The SMILES string of the molecule is COc1ccccc1NC(=O)/C(=C\c1ccc(C#N)cc1)C(C)=O. The number of hydrogen-bond acceptors (Lipinski definition) is 4. The number of rotatable bonds is 5. The van der Waals surface area contributed by atoms with Crippen molar-refractivity contribution in [3.8, 4) is 11.8 Å². The van der Waals surface area contributed by atoms with Gasteiger partial charge in [-0.05, 0) is 42.8 Å². The van der Waals surface area contributed by atoms with Crippen molar-refractivity contribution in [3.63, 3.8) is 0 Å². The van der Waals surface area contributed by atoms with E-state index in [0.29, 0.717) is 22.6 Å². The van der Waals surface area contributed by atoms with Crippen LogP contribution in [0.3, 0.4) is 0 Å². The van der Waals surface area contributed by atoms with Crippen molar-refractivity contribution in [2.24, 2.45) is 0 Å². The first kappa shape index (κ1) is 17.0. The van der Waals surface area contributed by atoms with Crippen molar-refractivity contribution in [1.29, 1.82) is 5.26 Å². The minimum absolute atomic E-state index is 0.0191. The van der Waals surface area contributed by atoms with Crippen LogP contribution < -0.4 is 10.1 Å². The zero-order chi connectivity index (χ0) is 17.5. The van der Waals surface area contributed by atoms with Crippen molar-refractivity contribution in [2.75, 3.05) is 12.4 Å². The molecule has 2 aromatic carbocycles. The molecule has 0 aliphatic rings. The molecule has 2 aromatic rings. The second-order valence-corrected chi connectivity index (χ2v) is 5.00. The summed E-state index contributed by atoms with van der Waals surface area (Å²) in [6.07, 6.45) is 1.49. The predicted octanol–water partition coefficient (Wildman–Crippen LogP) is 3.18. The quantitative estimate of drug-likeness (QED) is 0.521. The van der Waals surface area contributed by atoms with E-state index in [1.54, 1.807) is 48.5 Å². The Balaban J connectivity index is 2.29. The maximum absolute atomic E-state index is 12.4. The molecule has 1 N–H and O–H groups in total. The zero-order valence-electron chi connectivity index (χ0n) is 13.4. The Bertz CT molecular complexity index is 830. The molecule has 0 atom stereocenters. The fourth-order valence-electron chi connectivity index (χ4n) is 2.09. The van der Waals surface area contributed by atoms with Gasteiger partial charge in [0.15, 0.2) is 5.78 Å². The summed E-state index contributed by atoms with van der Waals surface area (Å²) in [5.74, 6) is -0.366. The summed E-state index contributed by atoms with van der Waals surface area (Å²) >= 11 is 0. The number of anilines is 1. The van der Waals surface area contributed by atoms with Gasteiger partial charge in [0, 0.05) is 0 Å². The van der Waals surface area contributed by atoms with Gasteiger partial charge in [-0.1, -0.05) is 24.3 Å². The molecule has 5 heteroatoms. The molecule has 0 saturated heterocycles. The van der Waals surface area contributed by atoms with Crippen LogP contribution in [-0.2, 0) is 9.59 Å². The largest absolute Gasteiger partial charge is 0.495 e. The molecule has 0 saturated carbocycles. The molecule has 0 radical (unpaired) electrons. The molecule has 0 spiro atoms. The number of nitriles is 1. The lowest BCUT2D eigenvalue weighted by atomic mass is 10.1. The third-order valence-electron chi connectivity index (χ3n) is 3.33. The summed E-state index contributed by atoms with van der Waals surface area (Å²) < 4.78 is 5.18. The molecule has 120 valence electrons. The van der Waals surface area contributed by atoms with Gasteiger partial charge < -0.3 is 10.1 Å². The molecule has 0 fully saturated rings. The van der Waals surface area contributed by atoms with Crippen molar-refractivity contribution in [2.45, 2.75) is 6.92 Å². The standard InChI is InChI=1S/C19H16N2O3/c1-13(22)16(11-14-7-9-15(12-20)10-8-14)19(23)21-17-5-3-4-6-18(17)24-2/h3-11H,1-2H3,(H,21,23)/b16-11-. The molecule has 0 aromatic heterocycles. The average molecular weight is 320 g/mol. The molecule has 0 bridgehead atoms. The Morgan fingerprint density at radius 2 is 1.79 bits per heavy atom. The topological polar surface area (TPSA) is 79.2 Å². The monoisotopic (exact) mass is 320 g/mol. The van der Waals surface area contributed by atoms with Crippen molar-refractivity contribution in [3.05, 3.63) is 65.2 Å². The number of ether oxygens (including phenoxy) is 1. The van der Waals surface area contributed by atoms with Gasteiger partial charge in [-0.2, -0.15) is 5.26 Å². The van der Waals surface area contributed by atoms with Crippen LogP contribution in [0, 0.1) is 11.3 Å². The summed E-state index contributed by atoms with van der Waals surface area (Å²) in [6.45, 7) is 1.33. The number of amides is 1. The molecule has 0 unspecified atom stereocenters. The van der Waals surface area contributed by atoms with Crippen LogP contribution >= 0.6 is 0 Å². The molecule has 5 nitrogen and oxygen atoms in total. The van der Waals surface area contributed by atoms with E-state index < -0.39 is 5.91 Å². The number of carbonyl (C=O) groups excluding carboxylic acids is 2. The van der Waals surface area contributed by atoms with E-state index in [1.165, 1.54) is 20.1 Å². The second-order valence-electron chi connectivity index (χ2n) is 5.00. The minimum atomic E-state index is -0.517. The Morgan fingerprint density at radius 1 is 1.12 bits per heavy atom. The van der Waals surface area contributed by atoms with E-state index in [1.807, 2.05) is 6.07 Å². The summed E-state index contributed by atoms with van der Waals surface area (Å²) in [5.41, 5.74) is 1.67. The van der Waals surface area contributed by atoms with Crippen LogP contribution in [0.15, 0.2) is 54.1 Å². The summed E-state index contributed by atoms with van der Waals surface area (Å²) in [5, 5.41) is 11.5. The first-order valence-electron chi connectivity index (χ1n) is 7.22. The first-order chi connectivity index (χ1) is 11.5. The predicted molar refractivity (Wildman–Crippen MR) is 91.4 cm³/mol. The van der Waals surface area contributed by atoms with Gasteiger partial charge in [0.05, 0.1) is 30.0 Å². The van der Waals surface area contributed by atoms with Crippen LogP contribution in [-0.4, -0.2) is 18.8 Å². The maximum Gasteiger partial charge on any atom is 0.259 e. The van der Waals surface area contributed by atoms with E-state index >= 15 is 0 Å². The smallest absolute Gasteiger partial charge is 0.259 e. The van der Waals surface area contributed by atoms with Crippen molar-refractivity contribution < 1.29 is 14.3 Å². The van der Waals surface area contributed by atoms with E-state index in [9.17, 15) is 9.59 Å². The molecule has 1 amide bonds. The lowest BCUT2D eigenvalue weighted by molar-refractivity contribution is -0.118. The maximum atomic E-state index is 12.4. The van der Waals surface area contributed by atoms with Crippen LogP contribution in [0.1, 0.15) is 18.1 Å². The van der Waals surface area contributed by atoms with E-state index in [-0.39, 0.29) is 11.4 Å². The van der Waals surface area contributed by atoms with Gasteiger partial charge in [0.2, 0.25) is 0 Å².